The summed E-state index contributed by atoms with van der Waals surface area (Å²) in [7, 11) is 0. The van der Waals surface area contributed by atoms with Crippen molar-refractivity contribution in [1.29, 1.82) is 21.0 Å². The van der Waals surface area contributed by atoms with Gasteiger partial charge in [0.1, 0.15) is 0 Å². The Balaban J connectivity index is 1.13. The van der Waals surface area contributed by atoms with Gasteiger partial charge in [-0.25, -0.2) is 15.0 Å². The highest BCUT2D eigenvalue weighted by Gasteiger charge is 2.24. The molecule has 0 bridgehead atoms. The molecule has 0 aliphatic heterocycles. The number of nitrogens with zero attached hydrogens (tertiary/aromatic N) is 9. The minimum Gasteiger partial charge on any atom is -0.309 e. The van der Waals surface area contributed by atoms with Crippen LogP contribution in [0, 0.1) is 45.3 Å². The summed E-state index contributed by atoms with van der Waals surface area (Å²) in [5.74, 6) is 1.51. The molecule has 3 heterocycles. The standard InChI is InChI=1S/C67H37N9/c68-38-42-23-28-52(49(33-42)40-70)46-25-30-61-57(35-46)58-36-47(53-29-24-43(39-69)34-50(53)41-71)26-31-62(58)76(61)63-32-27-48(54-20-12-21-56-55-19-10-11-22-60(55)75(64(54)56)51-17-8-3-9-18-51)37-59(63)67-73-65(44-13-4-1-5-14-44)72-66(74-67)45-15-6-2-7-16-45/h1-37H. The number of hydrogen-bond donors (Lipinski definition) is 0. The third kappa shape index (κ3) is 7.49. The lowest BCUT2D eigenvalue weighted by atomic mass is 9.95. The molecule has 0 fully saturated rings. The van der Waals surface area contributed by atoms with Gasteiger partial charge in [0.25, 0.3) is 0 Å². The zero-order valence-electron chi connectivity index (χ0n) is 40.4. The van der Waals surface area contributed by atoms with Gasteiger partial charge < -0.3 is 9.13 Å². The molecule has 0 radical (unpaired) electrons. The fraction of sp³-hybridized carbons (Fsp3) is 0. The van der Waals surface area contributed by atoms with Crippen molar-refractivity contribution in [3.05, 3.63) is 247 Å². The van der Waals surface area contributed by atoms with Crippen LogP contribution in [0.5, 0.6) is 0 Å². The zero-order valence-corrected chi connectivity index (χ0v) is 40.4. The monoisotopic (exact) mass is 967 g/mol. The number of hydrogen-bond acceptors (Lipinski definition) is 7. The first-order valence-corrected chi connectivity index (χ1v) is 24.6. The highest BCUT2D eigenvalue weighted by atomic mass is 15.1. The average molecular weight is 968 g/mol. The summed E-state index contributed by atoms with van der Waals surface area (Å²) in [5, 5.41) is 44.2. The topological polar surface area (TPSA) is 144 Å². The number of para-hydroxylation sites is 3. The zero-order chi connectivity index (χ0) is 51.3. The average Bonchev–Trinajstić information content (AvgIpc) is 4.15. The molecule has 3 aromatic heterocycles. The molecule has 0 unspecified atom stereocenters. The van der Waals surface area contributed by atoms with Crippen LogP contribution >= 0.6 is 0 Å². The molecule has 10 aromatic carbocycles. The second-order valence-electron chi connectivity index (χ2n) is 18.4. The van der Waals surface area contributed by atoms with Gasteiger partial charge in [-0.15, -0.1) is 0 Å². The van der Waals surface area contributed by atoms with E-state index in [4.69, 9.17) is 15.0 Å². The fourth-order valence-corrected chi connectivity index (χ4v) is 10.6. The van der Waals surface area contributed by atoms with Crippen LogP contribution in [0.3, 0.4) is 0 Å². The number of aromatic nitrogens is 5. The van der Waals surface area contributed by atoms with Crippen molar-refractivity contribution in [3.63, 3.8) is 0 Å². The van der Waals surface area contributed by atoms with Crippen LogP contribution < -0.4 is 0 Å². The maximum Gasteiger partial charge on any atom is 0.166 e. The summed E-state index contributed by atoms with van der Waals surface area (Å²) in [6.07, 6.45) is 0. The molecule has 0 spiro atoms. The third-order valence-corrected chi connectivity index (χ3v) is 14.1. The van der Waals surface area contributed by atoms with Gasteiger partial charge >= 0.3 is 0 Å². The van der Waals surface area contributed by atoms with Crippen LogP contribution in [0.1, 0.15) is 22.3 Å². The van der Waals surface area contributed by atoms with Crippen LogP contribution in [0.25, 0.3) is 123 Å². The lowest BCUT2D eigenvalue weighted by Crippen LogP contribution is -2.04. The maximum absolute atomic E-state index is 10.4. The Kier molecular flexibility index (Phi) is 10.8. The van der Waals surface area contributed by atoms with Crippen LogP contribution in [-0.2, 0) is 0 Å². The van der Waals surface area contributed by atoms with Crippen molar-refractivity contribution < 1.29 is 0 Å². The van der Waals surface area contributed by atoms with Crippen LogP contribution in [0.4, 0.5) is 0 Å². The van der Waals surface area contributed by atoms with Gasteiger partial charge in [-0.3, -0.25) is 0 Å². The maximum atomic E-state index is 10.4. The molecule has 13 aromatic rings. The first kappa shape index (κ1) is 44.7. The van der Waals surface area contributed by atoms with E-state index < -0.39 is 0 Å². The molecule has 0 saturated heterocycles. The Morgan fingerprint density at radius 3 is 1.36 bits per heavy atom. The van der Waals surface area contributed by atoms with Gasteiger partial charge in [-0.1, -0.05) is 146 Å². The lowest BCUT2D eigenvalue weighted by molar-refractivity contribution is 1.06. The summed E-state index contributed by atoms with van der Waals surface area (Å²) >= 11 is 0. The van der Waals surface area contributed by atoms with Crippen LogP contribution in [-0.4, -0.2) is 24.1 Å². The summed E-state index contributed by atoms with van der Waals surface area (Å²) in [6.45, 7) is 0. The normalized spacial score (nSPS) is 11.1. The first-order chi connectivity index (χ1) is 37.5. The molecule has 0 amide bonds. The number of fused-ring (bicyclic) bond motifs is 6. The SMILES string of the molecule is N#Cc1ccc(-c2ccc3c(c2)c2cc(-c4ccc(C#N)cc4C#N)ccc2n3-c2ccc(-c3cccc4c5ccccc5n(-c5ccccc5)c34)cc2-c2nc(-c3ccccc3)nc(-c3ccccc3)n2)c(C#N)c1. The molecule has 76 heavy (non-hydrogen) atoms. The minimum atomic E-state index is 0.386. The van der Waals surface area contributed by atoms with Crippen LogP contribution in [0.2, 0.25) is 0 Å². The quantitative estimate of drug-likeness (QED) is 0.147. The number of rotatable bonds is 8. The Morgan fingerprint density at radius 1 is 0.303 bits per heavy atom. The molecule has 0 atom stereocenters. The van der Waals surface area contributed by atoms with Gasteiger partial charge in [0.15, 0.2) is 17.5 Å². The second kappa shape index (κ2) is 18.4. The smallest absolute Gasteiger partial charge is 0.166 e. The van der Waals surface area contributed by atoms with Crippen molar-refractivity contribution in [2.24, 2.45) is 0 Å². The van der Waals surface area contributed by atoms with E-state index in [1.54, 1.807) is 24.3 Å². The van der Waals surface area contributed by atoms with Crippen molar-refractivity contribution in [3.8, 4) is 103 Å². The predicted octanol–water partition coefficient (Wildman–Crippen LogP) is 15.6. The molecule has 350 valence electrons. The van der Waals surface area contributed by atoms with Crippen molar-refractivity contribution >= 4 is 43.6 Å². The number of benzene rings is 10. The van der Waals surface area contributed by atoms with E-state index in [0.29, 0.717) is 50.9 Å². The van der Waals surface area contributed by atoms with Gasteiger partial charge in [-0.2, -0.15) is 21.0 Å². The third-order valence-electron chi connectivity index (χ3n) is 14.1. The summed E-state index contributed by atoms with van der Waals surface area (Å²) in [4.78, 5) is 15.8. The molecule has 9 heteroatoms. The Morgan fingerprint density at radius 2 is 0.789 bits per heavy atom. The molecule has 0 saturated carbocycles. The number of nitriles is 4. The van der Waals surface area contributed by atoms with E-state index in [2.05, 4.69) is 143 Å². The highest BCUT2D eigenvalue weighted by Crippen LogP contribution is 2.44. The van der Waals surface area contributed by atoms with E-state index in [1.807, 2.05) is 91.0 Å². The van der Waals surface area contributed by atoms with Crippen molar-refractivity contribution in [2.45, 2.75) is 0 Å². The minimum absolute atomic E-state index is 0.386. The summed E-state index contributed by atoms with van der Waals surface area (Å²) in [5.41, 5.74) is 14.7. The Labute approximate surface area is 436 Å². The molecule has 0 aliphatic rings. The molecular weight excluding hydrogens is 931 g/mol. The fourth-order valence-electron chi connectivity index (χ4n) is 10.6. The van der Waals surface area contributed by atoms with E-state index >= 15 is 0 Å². The van der Waals surface area contributed by atoms with Gasteiger partial charge in [0, 0.05) is 49.5 Å². The summed E-state index contributed by atoms with van der Waals surface area (Å²) < 4.78 is 4.58. The lowest BCUT2D eigenvalue weighted by Gasteiger charge is -2.17. The van der Waals surface area contributed by atoms with E-state index in [1.165, 1.54) is 0 Å². The largest absolute Gasteiger partial charge is 0.309 e. The Bertz CT molecular complexity index is 4490. The second-order valence-corrected chi connectivity index (χ2v) is 18.4. The molecular formula is C67H37N9. The Hall–Kier alpha value is -11.2. The molecule has 13 rings (SSSR count). The molecule has 0 aliphatic carbocycles. The van der Waals surface area contributed by atoms with Crippen molar-refractivity contribution in [1.82, 2.24) is 24.1 Å². The van der Waals surface area contributed by atoms with E-state index in [-0.39, 0.29) is 0 Å². The first-order valence-electron chi connectivity index (χ1n) is 24.6. The predicted molar refractivity (Wildman–Crippen MR) is 300 cm³/mol. The van der Waals surface area contributed by atoms with Crippen LogP contribution in [0.15, 0.2) is 224 Å². The molecule has 9 nitrogen and oxygen atoms in total. The van der Waals surface area contributed by atoms with E-state index in [0.717, 1.165) is 93.9 Å². The molecule has 0 N–H and O–H groups in total. The van der Waals surface area contributed by atoms with Gasteiger partial charge in [0.2, 0.25) is 0 Å². The van der Waals surface area contributed by atoms with Gasteiger partial charge in [-0.05, 0) is 107 Å². The van der Waals surface area contributed by atoms with E-state index in [9.17, 15) is 21.0 Å². The highest BCUT2D eigenvalue weighted by molar-refractivity contribution is 6.15. The summed E-state index contributed by atoms with van der Waals surface area (Å²) in [6, 6.07) is 83.5. The van der Waals surface area contributed by atoms with Crippen molar-refractivity contribution in [2.75, 3.05) is 0 Å². The van der Waals surface area contributed by atoms with Gasteiger partial charge in [0.05, 0.1) is 74.3 Å².